The number of hydrogen-bond acceptors (Lipinski definition) is 2. The number of nitrogens with one attached hydrogen (secondary N) is 2. The Morgan fingerprint density at radius 3 is 1.92 bits per heavy atom. The van der Waals surface area contributed by atoms with Gasteiger partial charge in [-0.3, -0.25) is 10.1 Å². The standard InChI is InChI=1S/C21H26N2O/c1-16(21(24)23-19-14-8-9-15-19)22-20(17-10-4-2-5-11-17)18-12-6-3-7-13-18/h2-7,10-13,16,19-20,22H,8-9,14-15H2,1H3,(H,23,24)/t16-/m0/s1. The molecule has 1 amide bonds. The average Bonchev–Trinajstić information content (AvgIpc) is 3.14. The maximum atomic E-state index is 12.5. The minimum Gasteiger partial charge on any atom is -0.352 e. The molecule has 0 heterocycles. The molecule has 1 fully saturated rings. The Labute approximate surface area is 144 Å². The van der Waals surface area contributed by atoms with Gasteiger partial charge in [-0.05, 0) is 30.9 Å². The maximum absolute atomic E-state index is 12.5. The molecule has 3 heteroatoms. The first-order valence-corrected chi connectivity index (χ1v) is 8.90. The lowest BCUT2D eigenvalue weighted by Gasteiger charge is -2.25. The van der Waals surface area contributed by atoms with Gasteiger partial charge in [0.05, 0.1) is 12.1 Å². The van der Waals surface area contributed by atoms with E-state index in [0.29, 0.717) is 6.04 Å². The molecule has 1 atom stereocenters. The highest BCUT2D eigenvalue weighted by molar-refractivity contribution is 5.81. The molecule has 3 rings (SSSR count). The molecule has 126 valence electrons. The van der Waals surface area contributed by atoms with Gasteiger partial charge in [0.1, 0.15) is 0 Å². The summed E-state index contributed by atoms with van der Waals surface area (Å²) in [4.78, 5) is 12.5. The highest BCUT2D eigenvalue weighted by atomic mass is 16.2. The summed E-state index contributed by atoms with van der Waals surface area (Å²) in [7, 11) is 0. The van der Waals surface area contributed by atoms with Crippen LogP contribution in [0.3, 0.4) is 0 Å². The van der Waals surface area contributed by atoms with E-state index >= 15 is 0 Å². The van der Waals surface area contributed by atoms with E-state index in [0.717, 1.165) is 12.8 Å². The molecule has 0 radical (unpaired) electrons. The largest absolute Gasteiger partial charge is 0.352 e. The second kappa shape index (κ2) is 8.11. The van der Waals surface area contributed by atoms with E-state index in [2.05, 4.69) is 34.9 Å². The van der Waals surface area contributed by atoms with Crippen molar-refractivity contribution in [2.24, 2.45) is 0 Å². The summed E-state index contributed by atoms with van der Waals surface area (Å²) in [6.45, 7) is 1.95. The van der Waals surface area contributed by atoms with Gasteiger partial charge in [0.25, 0.3) is 0 Å². The van der Waals surface area contributed by atoms with Crippen LogP contribution in [0, 0.1) is 0 Å². The van der Waals surface area contributed by atoms with Gasteiger partial charge in [-0.15, -0.1) is 0 Å². The zero-order valence-corrected chi connectivity index (χ0v) is 14.2. The molecule has 0 aliphatic heterocycles. The summed E-state index contributed by atoms with van der Waals surface area (Å²) in [5.74, 6) is 0.0961. The van der Waals surface area contributed by atoms with Gasteiger partial charge in [-0.1, -0.05) is 73.5 Å². The molecule has 1 aliphatic rings. The van der Waals surface area contributed by atoms with Gasteiger partial charge in [0.2, 0.25) is 5.91 Å². The number of amides is 1. The molecule has 1 saturated carbocycles. The maximum Gasteiger partial charge on any atom is 0.237 e. The molecular formula is C21H26N2O. The first-order valence-electron chi connectivity index (χ1n) is 8.90. The highest BCUT2D eigenvalue weighted by Gasteiger charge is 2.23. The molecule has 0 unspecified atom stereocenters. The smallest absolute Gasteiger partial charge is 0.237 e. The third-order valence-corrected chi connectivity index (χ3v) is 4.78. The third-order valence-electron chi connectivity index (χ3n) is 4.78. The zero-order chi connectivity index (χ0) is 16.8. The Balaban J connectivity index is 1.72. The number of hydrogen-bond donors (Lipinski definition) is 2. The Bertz CT molecular complexity index is 596. The van der Waals surface area contributed by atoms with E-state index < -0.39 is 0 Å². The van der Waals surface area contributed by atoms with E-state index in [4.69, 9.17) is 0 Å². The van der Waals surface area contributed by atoms with E-state index in [1.165, 1.54) is 24.0 Å². The van der Waals surface area contributed by atoms with Crippen molar-refractivity contribution in [3.63, 3.8) is 0 Å². The SMILES string of the molecule is C[C@H](NC(c1ccccc1)c1ccccc1)C(=O)NC1CCCC1. The van der Waals surface area contributed by atoms with Gasteiger partial charge in [0, 0.05) is 6.04 Å². The van der Waals surface area contributed by atoms with E-state index in [-0.39, 0.29) is 18.0 Å². The number of carbonyl (C=O) groups is 1. The van der Waals surface area contributed by atoms with Crippen LogP contribution in [0.1, 0.15) is 49.8 Å². The van der Waals surface area contributed by atoms with Crippen molar-refractivity contribution in [3.8, 4) is 0 Å². The fourth-order valence-electron chi connectivity index (χ4n) is 3.40. The van der Waals surface area contributed by atoms with Crippen LogP contribution in [0.5, 0.6) is 0 Å². The van der Waals surface area contributed by atoms with Crippen molar-refractivity contribution in [2.75, 3.05) is 0 Å². The fourth-order valence-corrected chi connectivity index (χ4v) is 3.40. The summed E-state index contributed by atoms with van der Waals surface area (Å²) >= 11 is 0. The molecule has 1 aliphatic carbocycles. The quantitative estimate of drug-likeness (QED) is 0.849. The summed E-state index contributed by atoms with van der Waals surface area (Å²) in [5.41, 5.74) is 2.34. The predicted octanol–water partition coefficient (Wildman–Crippen LogP) is 3.81. The summed E-state index contributed by atoms with van der Waals surface area (Å²) < 4.78 is 0. The topological polar surface area (TPSA) is 41.1 Å². The van der Waals surface area contributed by atoms with Crippen LogP contribution >= 0.6 is 0 Å². The van der Waals surface area contributed by atoms with Gasteiger partial charge in [0.15, 0.2) is 0 Å². The van der Waals surface area contributed by atoms with Crippen LogP contribution in [0.4, 0.5) is 0 Å². The van der Waals surface area contributed by atoms with Gasteiger partial charge in [-0.25, -0.2) is 0 Å². The van der Waals surface area contributed by atoms with E-state index in [1.807, 2.05) is 43.3 Å². The van der Waals surface area contributed by atoms with Crippen LogP contribution < -0.4 is 10.6 Å². The first-order chi connectivity index (χ1) is 11.7. The van der Waals surface area contributed by atoms with Crippen molar-refractivity contribution in [1.82, 2.24) is 10.6 Å². The molecule has 2 N–H and O–H groups in total. The van der Waals surface area contributed by atoms with Gasteiger partial charge >= 0.3 is 0 Å². The molecule has 3 nitrogen and oxygen atoms in total. The Morgan fingerprint density at radius 2 is 1.42 bits per heavy atom. The second-order valence-corrected chi connectivity index (χ2v) is 6.63. The summed E-state index contributed by atoms with van der Waals surface area (Å²) in [6, 6.07) is 20.7. The summed E-state index contributed by atoms with van der Waals surface area (Å²) in [6.07, 6.45) is 4.67. The molecule has 0 saturated heterocycles. The molecule has 0 spiro atoms. The third kappa shape index (κ3) is 4.24. The van der Waals surface area contributed by atoms with Crippen molar-refractivity contribution >= 4 is 5.91 Å². The fraction of sp³-hybridized carbons (Fsp3) is 0.381. The monoisotopic (exact) mass is 322 g/mol. The van der Waals surface area contributed by atoms with Gasteiger partial charge < -0.3 is 5.32 Å². The summed E-state index contributed by atoms with van der Waals surface area (Å²) in [5, 5.41) is 6.70. The highest BCUT2D eigenvalue weighted by Crippen LogP contribution is 2.23. The van der Waals surface area contributed by atoms with Crippen molar-refractivity contribution in [3.05, 3.63) is 71.8 Å². The number of carbonyl (C=O) groups excluding carboxylic acids is 1. The van der Waals surface area contributed by atoms with Crippen LogP contribution in [0.15, 0.2) is 60.7 Å². The Kier molecular flexibility index (Phi) is 5.65. The van der Waals surface area contributed by atoms with Crippen LogP contribution in [0.2, 0.25) is 0 Å². The molecule has 2 aromatic rings. The Morgan fingerprint density at radius 1 is 0.917 bits per heavy atom. The molecule has 0 aromatic heterocycles. The van der Waals surface area contributed by atoms with Gasteiger partial charge in [-0.2, -0.15) is 0 Å². The minimum atomic E-state index is -0.240. The van der Waals surface area contributed by atoms with Crippen LogP contribution in [-0.2, 0) is 4.79 Å². The normalized spacial score (nSPS) is 16.2. The van der Waals surface area contributed by atoms with Crippen molar-refractivity contribution in [2.45, 2.75) is 50.7 Å². The molecule has 24 heavy (non-hydrogen) atoms. The number of benzene rings is 2. The molecule has 0 bridgehead atoms. The lowest BCUT2D eigenvalue weighted by Crippen LogP contribution is -2.46. The lowest BCUT2D eigenvalue weighted by molar-refractivity contribution is -0.123. The van der Waals surface area contributed by atoms with Crippen molar-refractivity contribution in [1.29, 1.82) is 0 Å². The zero-order valence-electron chi connectivity index (χ0n) is 14.2. The Hall–Kier alpha value is -2.13. The van der Waals surface area contributed by atoms with E-state index in [1.54, 1.807) is 0 Å². The lowest BCUT2D eigenvalue weighted by atomic mass is 9.98. The first kappa shape index (κ1) is 16.7. The number of rotatable bonds is 6. The van der Waals surface area contributed by atoms with Crippen molar-refractivity contribution < 1.29 is 4.79 Å². The van der Waals surface area contributed by atoms with E-state index in [9.17, 15) is 4.79 Å². The molecular weight excluding hydrogens is 296 g/mol. The van der Waals surface area contributed by atoms with Crippen LogP contribution in [-0.4, -0.2) is 18.0 Å². The molecule has 2 aromatic carbocycles. The minimum absolute atomic E-state index is 0.0109. The second-order valence-electron chi connectivity index (χ2n) is 6.63. The van der Waals surface area contributed by atoms with Crippen LogP contribution in [0.25, 0.3) is 0 Å². The predicted molar refractivity (Wildman–Crippen MR) is 97.7 cm³/mol. The average molecular weight is 322 g/mol.